The van der Waals surface area contributed by atoms with Crippen molar-refractivity contribution < 1.29 is 16.1 Å². The average Bonchev–Trinajstić information content (AvgIpc) is 3.27. The zero-order chi connectivity index (χ0) is 20.7. The Bertz CT molecular complexity index is 1020. The molecule has 0 unspecified atom stereocenters. The molecule has 0 radical (unpaired) electrons. The molecule has 3 aromatic heterocycles. The number of rotatable bonds is 2. The molecule has 4 aromatic rings. The summed E-state index contributed by atoms with van der Waals surface area (Å²) in [7, 11) is 1.00. The number of hydrogen-bond donors (Lipinski definition) is 3. The lowest BCUT2D eigenvalue weighted by molar-refractivity contribution is 0.318. The molecule has 0 bridgehead atoms. The van der Waals surface area contributed by atoms with E-state index in [4.69, 9.17) is 14.6 Å². The Hall–Kier alpha value is -3.03. The third kappa shape index (κ3) is 4.82. The van der Waals surface area contributed by atoms with E-state index in [1.54, 1.807) is 6.92 Å². The largest absolute Gasteiger partial charge is 0.434 e. The van der Waals surface area contributed by atoms with Gasteiger partial charge in [0.05, 0.1) is 5.69 Å². The number of pyridine rings is 1. The Morgan fingerprint density at radius 1 is 1.04 bits per heavy atom. The van der Waals surface area contributed by atoms with Crippen molar-refractivity contribution in [3.63, 3.8) is 0 Å². The van der Waals surface area contributed by atoms with Crippen LogP contribution >= 0.6 is 0 Å². The van der Waals surface area contributed by atoms with Gasteiger partial charge in [0, 0.05) is 38.8 Å². The van der Waals surface area contributed by atoms with Crippen molar-refractivity contribution in [2.45, 2.75) is 27.7 Å². The van der Waals surface area contributed by atoms with Crippen LogP contribution in [-0.2, 0) is 0 Å². The summed E-state index contributed by atoms with van der Waals surface area (Å²) in [5, 5.41) is 14.6. The first kappa shape index (κ1) is 21.3. The molecule has 28 heavy (non-hydrogen) atoms. The monoisotopic (exact) mass is 384 g/mol. The van der Waals surface area contributed by atoms with Crippen LogP contribution in [0.1, 0.15) is 25.3 Å². The number of hydrogen-bond acceptors (Lipinski definition) is 6. The summed E-state index contributed by atoms with van der Waals surface area (Å²) in [6, 6.07) is 8.09. The highest BCUT2D eigenvalue weighted by Crippen LogP contribution is 2.28. The standard InChI is InChI=1S/C18H16N4O.C2H6O.CH4O.H2/c1-10-6-14(9-19-8-10)13-4-5-15-16(7-13)23-18(22-15)17-20-11(2)12(3)21-17;1-2-3;1-2;/h4-9H,1-3H3,(H,20,21);3H,2H2,1H3;2H,1H3;1H. The molecular weight excluding hydrogens is 356 g/mol. The van der Waals surface area contributed by atoms with E-state index in [9.17, 15) is 0 Å². The number of imidazole rings is 1. The molecule has 0 saturated heterocycles. The number of aryl methyl sites for hydroxylation is 3. The van der Waals surface area contributed by atoms with Crippen LogP contribution in [0.3, 0.4) is 0 Å². The van der Waals surface area contributed by atoms with Crippen LogP contribution in [0.15, 0.2) is 41.1 Å². The maximum atomic E-state index is 7.57. The molecule has 0 spiro atoms. The van der Waals surface area contributed by atoms with Crippen molar-refractivity contribution in [2.75, 3.05) is 13.7 Å². The predicted octanol–water partition coefficient (Wildman–Crippen LogP) is 4.06. The minimum Gasteiger partial charge on any atom is -0.434 e. The zero-order valence-electron chi connectivity index (χ0n) is 16.8. The second kappa shape index (κ2) is 9.77. The normalized spacial score (nSPS) is 10.1. The van der Waals surface area contributed by atoms with Crippen molar-refractivity contribution in [2.24, 2.45) is 0 Å². The Morgan fingerprint density at radius 2 is 1.75 bits per heavy atom. The van der Waals surface area contributed by atoms with Gasteiger partial charge in [-0.1, -0.05) is 6.07 Å². The number of benzene rings is 1. The highest BCUT2D eigenvalue weighted by atomic mass is 16.3. The molecule has 1 aromatic carbocycles. The molecule has 0 fully saturated rings. The van der Waals surface area contributed by atoms with Crippen LogP contribution in [-0.4, -0.2) is 43.9 Å². The molecule has 0 aliphatic rings. The van der Waals surface area contributed by atoms with E-state index < -0.39 is 0 Å². The molecule has 7 heteroatoms. The van der Waals surface area contributed by atoms with Crippen LogP contribution in [0.4, 0.5) is 0 Å². The Labute approximate surface area is 165 Å². The maximum Gasteiger partial charge on any atom is 0.264 e. The lowest BCUT2D eigenvalue weighted by atomic mass is 10.1. The number of aliphatic hydroxyl groups is 2. The minimum absolute atomic E-state index is 0. The number of aromatic nitrogens is 4. The smallest absolute Gasteiger partial charge is 0.264 e. The summed E-state index contributed by atoms with van der Waals surface area (Å²) in [5.74, 6) is 1.17. The number of nitrogens with zero attached hydrogens (tertiary/aromatic N) is 3. The summed E-state index contributed by atoms with van der Waals surface area (Å²) < 4.78 is 5.89. The van der Waals surface area contributed by atoms with Crippen molar-refractivity contribution in [3.05, 3.63) is 53.6 Å². The lowest BCUT2D eigenvalue weighted by Gasteiger charge is -2.01. The van der Waals surface area contributed by atoms with E-state index in [-0.39, 0.29) is 8.03 Å². The van der Waals surface area contributed by atoms with E-state index in [0.29, 0.717) is 11.7 Å². The molecule has 0 saturated carbocycles. The number of aliphatic hydroxyl groups excluding tert-OH is 2. The van der Waals surface area contributed by atoms with Gasteiger partial charge in [-0.2, -0.15) is 0 Å². The van der Waals surface area contributed by atoms with E-state index in [1.165, 1.54) is 0 Å². The molecule has 0 atom stereocenters. The third-order valence-corrected chi connectivity index (χ3v) is 3.93. The highest BCUT2D eigenvalue weighted by Gasteiger charge is 2.13. The number of H-pyrrole nitrogens is 1. The van der Waals surface area contributed by atoms with Gasteiger partial charge in [-0.05, 0) is 57.0 Å². The zero-order valence-corrected chi connectivity index (χ0v) is 16.8. The highest BCUT2D eigenvalue weighted by molar-refractivity contribution is 5.81. The van der Waals surface area contributed by atoms with Gasteiger partial charge < -0.3 is 19.6 Å². The SMILES string of the molecule is CCO.CO.Cc1cncc(-c2ccc3nc(-c4nc(C)c(C)[nH]4)oc3c2)c1.[HH]. The second-order valence-electron chi connectivity index (χ2n) is 6.06. The number of oxazole rings is 1. The Kier molecular flexibility index (Phi) is 7.43. The summed E-state index contributed by atoms with van der Waals surface area (Å²) in [6.07, 6.45) is 3.70. The van der Waals surface area contributed by atoms with E-state index in [1.807, 2.05) is 51.4 Å². The van der Waals surface area contributed by atoms with Crippen LogP contribution in [0, 0.1) is 20.8 Å². The molecule has 0 aliphatic heterocycles. The second-order valence-corrected chi connectivity index (χ2v) is 6.06. The van der Waals surface area contributed by atoms with E-state index in [2.05, 4.69) is 26.0 Å². The third-order valence-electron chi connectivity index (χ3n) is 3.93. The molecule has 0 aliphatic carbocycles. The molecular formula is C21H28N4O3. The molecule has 150 valence electrons. The first-order valence-electron chi connectivity index (χ1n) is 8.93. The number of nitrogens with one attached hydrogen (secondary N) is 1. The van der Waals surface area contributed by atoms with Crippen LogP contribution in [0.2, 0.25) is 0 Å². The van der Waals surface area contributed by atoms with E-state index in [0.717, 1.165) is 46.3 Å². The quantitative estimate of drug-likeness (QED) is 0.481. The summed E-state index contributed by atoms with van der Waals surface area (Å²) >= 11 is 0. The van der Waals surface area contributed by atoms with Gasteiger partial charge in [-0.3, -0.25) is 4.98 Å². The number of fused-ring (bicyclic) bond motifs is 1. The maximum absolute atomic E-state index is 7.57. The Morgan fingerprint density at radius 3 is 2.36 bits per heavy atom. The van der Waals surface area contributed by atoms with Gasteiger partial charge in [0.1, 0.15) is 5.52 Å². The van der Waals surface area contributed by atoms with Gasteiger partial charge in [0.15, 0.2) is 11.4 Å². The van der Waals surface area contributed by atoms with Crippen molar-refractivity contribution in [1.29, 1.82) is 0 Å². The Balaban J connectivity index is 0.000000645. The first-order valence-corrected chi connectivity index (χ1v) is 8.93. The van der Waals surface area contributed by atoms with Gasteiger partial charge in [-0.25, -0.2) is 9.97 Å². The van der Waals surface area contributed by atoms with Gasteiger partial charge >= 0.3 is 0 Å². The van der Waals surface area contributed by atoms with Gasteiger partial charge in [0.2, 0.25) is 0 Å². The average molecular weight is 384 g/mol. The van der Waals surface area contributed by atoms with Crippen LogP contribution < -0.4 is 0 Å². The van der Waals surface area contributed by atoms with Crippen LogP contribution in [0.5, 0.6) is 0 Å². The van der Waals surface area contributed by atoms with E-state index >= 15 is 0 Å². The summed E-state index contributed by atoms with van der Waals surface area (Å²) in [4.78, 5) is 16.4. The lowest BCUT2D eigenvalue weighted by Crippen LogP contribution is -1.82. The summed E-state index contributed by atoms with van der Waals surface area (Å²) in [5.41, 5.74) is 6.78. The molecule has 3 N–H and O–H groups in total. The topological polar surface area (TPSA) is 108 Å². The van der Waals surface area contributed by atoms with Crippen molar-refractivity contribution in [1.82, 2.24) is 19.9 Å². The minimum atomic E-state index is 0. The molecule has 0 amide bonds. The van der Waals surface area contributed by atoms with Gasteiger partial charge in [0.25, 0.3) is 5.89 Å². The fourth-order valence-electron chi connectivity index (χ4n) is 2.57. The van der Waals surface area contributed by atoms with Crippen LogP contribution in [0.25, 0.3) is 33.9 Å². The predicted molar refractivity (Wildman–Crippen MR) is 112 cm³/mol. The molecule has 7 nitrogen and oxygen atoms in total. The number of aromatic amines is 1. The fraction of sp³-hybridized carbons (Fsp3) is 0.286. The first-order chi connectivity index (χ1) is 13.5. The van der Waals surface area contributed by atoms with Crippen molar-refractivity contribution >= 4 is 11.1 Å². The van der Waals surface area contributed by atoms with Crippen molar-refractivity contribution in [3.8, 4) is 22.8 Å². The molecule has 4 rings (SSSR count). The molecule has 3 heterocycles. The fourth-order valence-corrected chi connectivity index (χ4v) is 2.57. The summed E-state index contributed by atoms with van der Waals surface area (Å²) in [6.45, 7) is 7.90. The van der Waals surface area contributed by atoms with Gasteiger partial charge in [-0.15, -0.1) is 0 Å².